The number of amides is 1. The largest absolute Gasteiger partial charge is 0.467 e. The van der Waals surface area contributed by atoms with Gasteiger partial charge in [0.1, 0.15) is 5.76 Å². The minimum Gasteiger partial charge on any atom is -0.467 e. The summed E-state index contributed by atoms with van der Waals surface area (Å²) in [4.78, 5) is 14.9. The summed E-state index contributed by atoms with van der Waals surface area (Å²) < 4.78 is 7.71. The molecular weight excluding hydrogens is 348 g/mol. The van der Waals surface area contributed by atoms with Gasteiger partial charge in [-0.05, 0) is 42.2 Å². The van der Waals surface area contributed by atoms with Crippen molar-refractivity contribution in [1.29, 1.82) is 0 Å². The van der Waals surface area contributed by atoms with Crippen LogP contribution in [0.5, 0.6) is 0 Å². The lowest BCUT2D eigenvalue weighted by Gasteiger charge is -2.26. The van der Waals surface area contributed by atoms with Crippen LogP contribution in [0.25, 0.3) is 0 Å². The predicted molar refractivity (Wildman–Crippen MR) is 112 cm³/mol. The van der Waals surface area contributed by atoms with Gasteiger partial charge in [0.2, 0.25) is 5.91 Å². The van der Waals surface area contributed by atoms with E-state index in [9.17, 15) is 4.79 Å². The van der Waals surface area contributed by atoms with Crippen LogP contribution in [0, 0.1) is 12.3 Å². The van der Waals surface area contributed by atoms with Crippen molar-refractivity contribution in [3.05, 3.63) is 83.6 Å². The molecule has 0 aliphatic carbocycles. The van der Waals surface area contributed by atoms with Crippen molar-refractivity contribution in [2.45, 2.75) is 53.8 Å². The Morgan fingerprint density at radius 3 is 2.43 bits per heavy atom. The van der Waals surface area contributed by atoms with Crippen LogP contribution in [0.2, 0.25) is 0 Å². The van der Waals surface area contributed by atoms with Gasteiger partial charge in [-0.2, -0.15) is 0 Å². The highest BCUT2D eigenvalue weighted by Crippen LogP contribution is 2.22. The molecule has 0 aliphatic heterocycles. The van der Waals surface area contributed by atoms with Gasteiger partial charge in [0.15, 0.2) is 0 Å². The second kappa shape index (κ2) is 8.51. The number of aryl methyl sites for hydroxylation is 1. The quantitative estimate of drug-likeness (QED) is 0.552. The van der Waals surface area contributed by atoms with Crippen LogP contribution in [0.3, 0.4) is 0 Å². The fraction of sp³-hybridized carbons (Fsp3) is 0.375. The molecule has 0 spiro atoms. The van der Waals surface area contributed by atoms with Gasteiger partial charge < -0.3 is 13.9 Å². The lowest BCUT2D eigenvalue weighted by atomic mass is 9.91. The Morgan fingerprint density at radius 2 is 1.79 bits per heavy atom. The van der Waals surface area contributed by atoms with Gasteiger partial charge >= 0.3 is 0 Å². The lowest BCUT2D eigenvalue weighted by Crippen LogP contribution is -2.33. The zero-order valence-electron chi connectivity index (χ0n) is 17.3. The van der Waals surface area contributed by atoms with Crippen LogP contribution < -0.4 is 0 Å². The monoisotopic (exact) mass is 378 g/mol. The molecule has 148 valence electrons. The number of aromatic nitrogens is 1. The van der Waals surface area contributed by atoms with E-state index in [1.165, 1.54) is 11.1 Å². The van der Waals surface area contributed by atoms with Crippen molar-refractivity contribution in [3.8, 4) is 0 Å². The van der Waals surface area contributed by atoms with Gasteiger partial charge in [0.25, 0.3) is 0 Å². The molecule has 0 atom stereocenters. The summed E-state index contributed by atoms with van der Waals surface area (Å²) in [5.41, 5.74) is 3.58. The van der Waals surface area contributed by atoms with Crippen molar-refractivity contribution in [3.63, 3.8) is 0 Å². The van der Waals surface area contributed by atoms with Crippen molar-refractivity contribution < 1.29 is 9.21 Å². The number of rotatable bonds is 7. The van der Waals surface area contributed by atoms with E-state index >= 15 is 0 Å². The maximum absolute atomic E-state index is 13.0. The highest BCUT2D eigenvalue weighted by molar-refractivity contribution is 5.76. The summed E-state index contributed by atoms with van der Waals surface area (Å²) in [6.45, 7) is 10.2. The van der Waals surface area contributed by atoms with E-state index in [4.69, 9.17) is 4.42 Å². The molecule has 0 unspecified atom stereocenters. The summed E-state index contributed by atoms with van der Waals surface area (Å²) in [7, 11) is 0. The fourth-order valence-corrected chi connectivity index (χ4v) is 3.22. The van der Waals surface area contributed by atoms with E-state index in [2.05, 4.69) is 68.8 Å². The Bertz CT molecular complexity index is 884. The van der Waals surface area contributed by atoms with Crippen LogP contribution in [-0.4, -0.2) is 15.4 Å². The summed E-state index contributed by atoms with van der Waals surface area (Å²) in [5, 5.41) is 0. The summed E-state index contributed by atoms with van der Waals surface area (Å²) in [6.07, 6.45) is 4.24. The highest BCUT2D eigenvalue weighted by atomic mass is 16.3. The maximum Gasteiger partial charge on any atom is 0.223 e. The summed E-state index contributed by atoms with van der Waals surface area (Å²) >= 11 is 0. The van der Waals surface area contributed by atoms with E-state index in [1.807, 2.05) is 23.1 Å². The zero-order chi connectivity index (χ0) is 20.1. The number of hydrogen-bond acceptors (Lipinski definition) is 2. The first-order chi connectivity index (χ1) is 13.3. The summed E-state index contributed by atoms with van der Waals surface area (Å²) in [6, 6.07) is 16.5. The third kappa shape index (κ3) is 5.62. The van der Waals surface area contributed by atoms with E-state index in [-0.39, 0.29) is 11.3 Å². The molecule has 0 radical (unpaired) electrons. The summed E-state index contributed by atoms with van der Waals surface area (Å²) in [5.74, 6) is 0.950. The SMILES string of the molecule is Cc1ccc(Cn2cccc2CN(Cc2ccco2)C(=O)CC(C)(C)C)cc1. The van der Waals surface area contributed by atoms with Crippen LogP contribution in [0.4, 0.5) is 0 Å². The van der Waals surface area contributed by atoms with Gasteiger partial charge in [-0.25, -0.2) is 0 Å². The third-order valence-corrected chi connectivity index (χ3v) is 4.71. The van der Waals surface area contributed by atoms with E-state index in [0.29, 0.717) is 19.5 Å². The van der Waals surface area contributed by atoms with Crippen LogP contribution >= 0.6 is 0 Å². The zero-order valence-corrected chi connectivity index (χ0v) is 17.3. The van der Waals surface area contributed by atoms with Crippen LogP contribution in [0.15, 0.2) is 65.4 Å². The van der Waals surface area contributed by atoms with Gasteiger partial charge in [0, 0.05) is 24.9 Å². The highest BCUT2D eigenvalue weighted by Gasteiger charge is 2.23. The number of hydrogen-bond donors (Lipinski definition) is 0. The molecule has 0 saturated carbocycles. The van der Waals surface area contributed by atoms with Crippen molar-refractivity contribution >= 4 is 5.91 Å². The average Bonchev–Trinajstić information content (AvgIpc) is 3.27. The Morgan fingerprint density at radius 1 is 1.04 bits per heavy atom. The molecular formula is C24H30N2O2. The Labute approximate surface area is 167 Å². The molecule has 0 bridgehead atoms. The smallest absolute Gasteiger partial charge is 0.223 e. The third-order valence-electron chi connectivity index (χ3n) is 4.71. The molecule has 0 fully saturated rings. The van der Waals surface area contributed by atoms with Crippen molar-refractivity contribution in [1.82, 2.24) is 9.47 Å². The Kier molecular flexibility index (Phi) is 6.08. The maximum atomic E-state index is 13.0. The molecule has 4 heteroatoms. The molecule has 1 amide bonds. The molecule has 0 N–H and O–H groups in total. The Balaban J connectivity index is 1.77. The lowest BCUT2D eigenvalue weighted by molar-refractivity contribution is -0.134. The number of benzene rings is 1. The number of carbonyl (C=O) groups excluding carboxylic acids is 1. The van der Waals surface area contributed by atoms with E-state index in [0.717, 1.165) is 18.0 Å². The number of furan rings is 1. The first-order valence-corrected chi connectivity index (χ1v) is 9.80. The second-order valence-electron chi connectivity index (χ2n) is 8.68. The molecule has 3 aromatic rings. The fourth-order valence-electron chi connectivity index (χ4n) is 3.22. The van der Waals surface area contributed by atoms with Gasteiger partial charge in [0.05, 0.1) is 19.4 Å². The molecule has 0 saturated heterocycles. The minimum atomic E-state index is -0.0532. The molecule has 4 nitrogen and oxygen atoms in total. The average molecular weight is 379 g/mol. The molecule has 1 aromatic carbocycles. The molecule has 0 aliphatic rings. The molecule has 2 heterocycles. The van der Waals surface area contributed by atoms with Gasteiger partial charge in [-0.3, -0.25) is 4.79 Å². The topological polar surface area (TPSA) is 38.4 Å². The normalized spacial score (nSPS) is 11.6. The number of nitrogens with zero attached hydrogens (tertiary/aromatic N) is 2. The van der Waals surface area contributed by atoms with Gasteiger partial charge in [-0.1, -0.05) is 50.6 Å². The van der Waals surface area contributed by atoms with Crippen LogP contribution in [0.1, 0.15) is 49.8 Å². The van der Waals surface area contributed by atoms with Crippen molar-refractivity contribution in [2.75, 3.05) is 0 Å². The standard InChI is InChI=1S/C24H30N2O2/c1-19-9-11-20(12-10-19)16-25-13-5-7-21(25)17-26(18-22-8-6-14-28-22)23(27)15-24(2,3)4/h5-14H,15-18H2,1-4H3. The van der Waals surface area contributed by atoms with Crippen molar-refractivity contribution in [2.24, 2.45) is 5.41 Å². The van der Waals surface area contributed by atoms with Crippen LogP contribution in [-0.2, 0) is 24.4 Å². The first-order valence-electron chi connectivity index (χ1n) is 9.80. The molecule has 28 heavy (non-hydrogen) atoms. The van der Waals surface area contributed by atoms with E-state index < -0.39 is 0 Å². The molecule has 2 aromatic heterocycles. The minimum absolute atomic E-state index is 0.0532. The molecule has 3 rings (SSSR count). The predicted octanol–water partition coefficient (Wildman–Crippen LogP) is 5.40. The Hall–Kier alpha value is -2.75. The number of carbonyl (C=O) groups is 1. The second-order valence-corrected chi connectivity index (χ2v) is 8.68. The van der Waals surface area contributed by atoms with E-state index in [1.54, 1.807) is 6.26 Å². The van der Waals surface area contributed by atoms with Gasteiger partial charge in [-0.15, -0.1) is 0 Å². The first kappa shape index (κ1) is 20.0.